The second kappa shape index (κ2) is 11.6. The second-order valence-electron chi connectivity index (χ2n) is 5.82. The van der Waals surface area contributed by atoms with E-state index in [1.54, 1.807) is 0 Å². The lowest BCUT2D eigenvalue weighted by molar-refractivity contribution is 0.508. The fourth-order valence-electron chi connectivity index (χ4n) is 2.74. The number of nitrogens with zero attached hydrogens (tertiary/aromatic N) is 4. The van der Waals surface area contributed by atoms with E-state index in [9.17, 15) is 0 Å². The molecular weight excluding hydrogens is 403 g/mol. The van der Waals surface area contributed by atoms with E-state index in [1.165, 1.54) is 38.5 Å². The van der Waals surface area contributed by atoms with Gasteiger partial charge in [0.25, 0.3) is 0 Å². The quantitative estimate of drug-likeness (QED) is 0.286. The predicted molar refractivity (Wildman–Crippen MR) is 105 cm³/mol. The summed E-state index contributed by atoms with van der Waals surface area (Å²) in [6, 6.07) is 0. The summed E-state index contributed by atoms with van der Waals surface area (Å²) >= 11 is 0. The number of rotatable bonds is 8. The van der Waals surface area contributed by atoms with Gasteiger partial charge in [-0.15, -0.1) is 34.2 Å². The zero-order valence-corrected chi connectivity index (χ0v) is 16.8. The number of aliphatic imine (C=N–C) groups is 1. The van der Waals surface area contributed by atoms with Crippen LogP contribution < -0.4 is 10.6 Å². The third kappa shape index (κ3) is 6.64. The topological polar surface area (TPSA) is 67.1 Å². The minimum absolute atomic E-state index is 0. The third-order valence-corrected chi connectivity index (χ3v) is 3.98. The first-order chi connectivity index (χ1) is 10.8. The number of halogens is 1. The fourth-order valence-corrected chi connectivity index (χ4v) is 2.74. The van der Waals surface area contributed by atoms with Crippen molar-refractivity contribution in [2.45, 2.75) is 71.9 Å². The van der Waals surface area contributed by atoms with Crippen LogP contribution in [0.5, 0.6) is 0 Å². The first kappa shape index (κ1) is 20.2. The number of nitrogens with one attached hydrogen (secondary N) is 2. The first-order valence-electron chi connectivity index (χ1n) is 8.78. The van der Waals surface area contributed by atoms with Crippen molar-refractivity contribution in [2.75, 3.05) is 13.1 Å². The van der Waals surface area contributed by atoms with E-state index in [4.69, 9.17) is 0 Å². The van der Waals surface area contributed by atoms with Gasteiger partial charge in [-0.3, -0.25) is 0 Å². The lowest BCUT2D eigenvalue weighted by atomic mass is 10.2. The molecule has 1 aromatic rings. The molecule has 6 nitrogen and oxygen atoms in total. The van der Waals surface area contributed by atoms with Gasteiger partial charge in [-0.25, -0.2) is 4.99 Å². The SMILES string of the molecule is CCCCCCNC(=NCc1nnc2n1CCCC2)NCC.I. The van der Waals surface area contributed by atoms with Crippen LogP contribution in [0.25, 0.3) is 0 Å². The Kier molecular flexibility index (Phi) is 10.2. The van der Waals surface area contributed by atoms with Crippen LogP contribution in [0.1, 0.15) is 64.0 Å². The standard InChI is InChI=1S/C16H30N6.HI/c1-3-5-6-8-11-18-16(17-4-2)19-13-15-21-20-14-10-7-9-12-22(14)15;/h3-13H2,1-2H3,(H2,17,18,19);1H. The molecule has 1 aromatic heterocycles. The molecular formula is C16H31IN6. The summed E-state index contributed by atoms with van der Waals surface area (Å²) in [5.41, 5.74) is 0. The van der Waals surface area contributed by atoms with Crippen LogP contribution in [0.15, 0.2) is 4.99 Å². The monoisotopic (exact) mass is 434 g/mol. The van der Waals surface area contributed by atoms with Gasteiger partial charge in [0, 0.05) is 26.1 Å². The van der Waals surface area contributed by atoms with E-state index < -0.39 is 0 Å². The van der Waals surface area contributed by atoms with Gasteiger partial charge < -0.3 is 15.2 Å². The number of hydrogen-bond donors (Lipinski definition) is 2. The van der Waals surface area contributed by atoms with Crippen LogP contribution in [0, 0.1) is 0 Å². The van der Waals surface area contributed by atoms with Crippen molar-refractivity contribution in [3.8, 4) is 0 Å². The highest BCUT2D eigenvalue weighted by Crippen LogP contribution is 2.14. The summed E-state index contributed by atoms with van der Waals surface area (Å²) in [5, 5.41) is 15.3. The number of fused-ring (bicyclic) bond motifs is 1. The maximum atomic E-state index is 4.65. The average Bonchev–Trinajstić information content (AvgIpc) is 2.95. The van der Waals surface area contributed by atoms with Gasteiger partial charge in [-0.1, -0.05) is 26.2 Å². The average molecular weight is 434 g/mol. The summed E-state index contributed by atoms with van der Waals surface area (Å²) < 4.78 is 2.23. The zero-order chi connectivity index (χ0) is 15.6. The van der Waals surface area contributed by atoms with Gasteiger partial charge in [-0.05, 0) is 26.2 Å². The number of aryl methyl sites for hydroxylation is 1. The molecule has 2 N–H and O–H groups in total. The Morgan fingerprint density at radius 3 is 2.78 bits per heavy atom. The van der Waals surface area contributed by atoms with Crippen LogP contribution in [0.4, 0.5) is 0 Å². The van der Waals surface area contributed by atoms with E-state index in [0.29, 0.717) is 6.54 Å². The smallest absolute Gasteiger partial charge is 0.191 e. The van der Waals surface area contributed by atoms with Gasteiger partial charge in [-0.2, -0.15) is 0 Å². The van der Waals surface area contributed by atoms with Crippen molar-refractivity contribution in [3.05, 3.63) is 11.6 Å². The van der Waals surface area contributed by atoms with Crippen LogP contribution in [0.3, 0.4) is 0 Å². The Morgan fingerprint density at radius 2 is 2.00 bits per heavy atom. The maximum Gasteiger partial charge on any atom is 0.191 e. The molecule has 0 amide bonds. The first-order valence-corrected chi connectivity index (χ1v) is 8.78. The molecule has 23 heavy (non-hydrogen) atoms. The van der Waals surface area contributed by atoms with Gasteiger partial charge in [0.2, 0.25) is 0 Å². The van der Waals surface area contributed by atoms with Crippen LogP contribution in [-0.4, -0.2) is 33.8 Å². The van der Waals surface area contributed by atoms with E-state index in [0.717, 1.165) is 43.7 Å². The predicted octanol–water partition coefficient (Wildman–Crippen LogP) is 2.87. The van der Waals surface area contributed by atoms with Crippen LogP contribution in [0.2, 0.25) is 0 Å². The molecule has 0 unspecified atom stereocenters. The molecule has 0 aromatic carbocycles. The molecule has 0 radical (unpaired) electrons. The van der Waals surface area contributed by atoms with Crippen molar-refractivity contribution in [2.24, 2.45) is 4.99 Å². The molecule has 2 rings (SSSR count). The van der Waals surface area contributed by atoms with Gasteiger partial charge in [0.1, 0.15) is 12.4 Å². The summed E-state index contributed by atoms with van der Waals surface area (Å²) in [4.78, 5) is 4.65. The van der Waals surface area contributed by atoms with E-state index in [1.807, 2.05) is 0 Å². The van der Waals surface area contributed by atoms with Crippen molar-refractivity contribution in [1.82, 2.24) is 25.4 Å². The lowest BCUT2D eigenvalue weighted by Crippen LogP contribution is -2.37. The molecule has 0 saturated heterocycles. The molecule has 0 aliphatic carbocycles. The molecule has 0 atom stereocenters. The molecule has 1 aliphatic heterocycles. The van der Waals surface area contributed by atoms with Crippen LogP contribution >= 0.6 is 24.0 Å². The van der Waals surface area contributed by atoms with Gasteiger partial charge >= 0.3 is 0 Å². The normalized spacial score (nSPS) is 14.1. The molecule has 0 saturated carbocycles. The highest BCUT2D eigenvalue weighted by molar-refractivity contribution is 14.0. The van der Waals surface area contributed by atoms with Crippen LogP contribution in [-0.2, 0) is 19.5 Å². The molecule has 0 spiro atoms. The van der Waals surface area contributed by atoms with E-state index >= 15 is 0 Å². The molecule has 0 fully saturated rings. The molecule has 1 aliphatic rings. The number of unbranched alkanes of at least 4 members (excludes halogenated alkanes) is 3. The number of guanidine groups is 1. The maximum absolute atomic E-state index is 4.65. The Hall–Kier alpha value is -0.860. The Morgan fingerprint density at radius 1 is 1.13 bits per heavy atom. The minimum atomic E-state index is 0. The molecule has 132 valence electrons. The van der Waals surface area contributed by atoms with Crippen molar-refractivity contribution in [3.63, 3.8) is 0 Å². The second-order valence-corrected chi connectivity index (χ2v) is 5.82. The van der Waals surface area contributed by atoms with Crippen molar-refractivity contribution >= 4 is 29.9 Å². The summed E-state index contributed by atoms with van der Waals surface area (Å²) in [6.45, 7) is 7.80. The Balaban J connectivity index is 0.00000264. The zero-order valence-electron chi connectivity index (χ0n) is 14.5. The Bertz CT molecular complexity index is 471. The Labute approximate surface area is 157 Å². The van der Waals surface area contributed by atoms with Gasteiger partial charge in [0.15, 0.2) is 11.8 Å². The van der Waals surface area contributed by atoms with Crippen molar-refractivity contribution in [1.29, 1.82) is 0 Å². The summed E-state index contributed by atoms with van der Waals surface area (Å²) in [6.07, 6.45) is 8.54. The van der Waals surface area contributed by atoms with Crippen molar-refractivity contribution < 1.29 is 0 Å². The molecule has 2 heterocycles. The lowest BCUT2D eigenvalue weighted by Gasteiger charge is -2.14. The summed E-state index contributed by atoms with van der Waals surface area (Å²) in [5.74, 6) is 2.99. The van der Waals surface area contributed by atoms with Gasteiger partial charge in [0.05, 0.1) is 0 Å². The highest BCUT2D eigenvalue weighted by atomic mass is 127. The highest BCUT2D eigenvalue weighted by Gasteiger charge is 2.15. The number of hydrogen-bond acceptors (Lipinski definition) is 3. The van der Waals surface area contributed by atoms with E-state index in [2.05, 4.69) is 44.2 Å². The fraction of sp³-hybridized carbons (Fsp3) is 0.812. The van der Waals surface area contributed by atoms with E-state index in [-0.39, 0.29) is 24.0 Å². The number of aromatic nitrogens is 3. The molecule has 0 bridgehead atoms. The molecule has 7 heteroatoms. The largest absolute Gasteiger partial charge is 0.357 e. The third-order valence-electron chi connectivity index (χ3n) is 3.98. The minimum Gasteiger partial charge on any atom is -0.357 e. The summed E-state index contributed by atoms with van der Waals surface area (Å²) in [7, 11) is 0.